The van der Waals surface area contributed by atoms with Crippen molar-refractivity contribution in [1.82, 2.24) is 15.8 Å². The van der Waals surface area contributed by atoms with E-state index in [4.69, 9.17) is 9.26 Å². The van der Waals surface area contributed by atoms with Crippen LogP contribution in [0.4, 0.5) is 5.69 Å². The van der Waals surface area contributed by atoms with Gasteiger partial charge in [0.15, 0.2) is 11.7 Å². The molecular formula is C22H33N5O2. The number of aromatic nitrogens is 1. The van der Waals surface area contributed by atoms with E-state index in [0.717, 1.165) is 56.6 Å². The zero-order valence-corrected chi connectivity index (χ0v) is 17.8. The maximum absolute atomic E-state index is 5.47. The Morgan fingerprint density at radius 3 is 2.45 bits per heavy atom. The molecule has 1 fully saturated rings. The third-order valence-corrected chi connectivity index (χ3v) is 5.41. The lowest BCUT2D eigenvalue weighted by molar-refractivity contribution is 0.122. The lowest BCUT2D eigenvalue weighted by Crippen LogP contribution is -2.36. The standard InChI is InChI=1S/C22H33N5O2/c1-4-18(5-2)21-14-20(29-26-21)16-25-22(23-3)24-15-17-6-8-19(9-7-17)27-10-12-28-13-11-27/h6-9,14,18H,4-5,10-13,15-16H2,1-3H3,(H2,23,24,25). The molecule has 2 aromatic rings. The molecule has 2 N–H and O–H groups in total. The van der Waals surface area contributed by atoms with Crippen LogP contribution in [0.2, 0.25) is 0 Å². The fraction of sp³-hybridized carbons (Fsp3) is 0.545. The third kappa shape index (κ3) is 5.97. The van der Waals surface area contributed by atoms with Gasteiger partial charge in [0.2, 0.25) is 0 Å². The number of morpholine rings is 1. The van der Waals surface area contributed by atoms with Gasteiger partial charge in [0.1, 0.15) is 0 Å². The highest BCUT2D eigenvalue weighted by Crippen LogP contribution is 2.22. The average Bonchev–Trinajstić information content (AvgIpc) is 3.24. The zero-order valence-electron chi connectivity index (χ0n) is 17.8. The predicted octanol–water partition coefficient (Wildman–Crippen LogP) is 3.28. The first kappa shape index (κ1) is 21.2. The van der Waals surface area contributed by atoms with Crippen molar-refractivity contribution in [3.05, 3.63) is 47.3 Å². The van der Waals surface area contributed by atoms with Crippen LogP contribution in [0.5, 0.6) is 0 Å². The van der Waals surface area contributed by atoms with Gasteiger partial charge in [-0.25, -0.2) is 0 Å². The van der Waals surface area contributed by atoms with Gasteiger partial charge in [-0.1, -0.05) is 31.1 Å². The topological polar surface area (TPSA) is 74.9 Å². The first-order chi connectivity index (χ1) is 14.2. The molecule has 7 nitrogen and oxygen atoms in total. The molecule has 0 radical (unpaired) electrons. The summed E-state index contributed by atoms with van der Waals surface area (Å²) in [5.41, 5.74) is 3.49. The minimum atomic E-state index is 0.463. The molecule has 2 heterocycles. The monoisotopic (exact) mass is 399 g/mol. The minimum absolute atomic E-state index is 0.463. The molecule has 0 unspecified atom stereocenters. The highest BCUT2D eigenvalue weighted by molar-refractivity contribution is 5.79. The Morgan fingerprint density at radius 1 is 1.10 bits per heavy atom. The summed E-state index contributed by atoms with van der Waals surface area (Å²) in [6, 6.07) is 10.7. The van der Waals surface area contributed by atoms with Crippen molar-refractivity contribution >= 4 is 11.6 Å². The molecule has 0 saturated carbocycles. The first-order valence-corrected chi connectivity index (χ1v) is 10.5. The van der Waals surface area contributed by atoms with Gasteiger partial charge in [0, 0.05) is 44.4 Å². The first-order valence-electron chi connectivity index (χ1n) is 10.5. The summed E-state index contributed by atoms with van der Waals surface area (Å²) in [6.45, 7) is 9.13. The molecule has 0 amide bonds. The molecular weight excluding hydrogens is 366 g/mol. The van der Waals surface area contributed by atoms with Gasteiger partial charge in [-0.2, -0.15) is 0 Å². The second-order valence-electron chi connectivity index (χ2n) is 7.28. The molecule has 0 aliphatic carbocycles. The lowest BCUT2D eigenvalue weighted by Gasteiger charge is -2.28. The number of hydrogen-bond acceptors (Lipinski definition) is 5. The second-order valence-corrected chi connectivity index (χ2v) is 7.28. The molecule has 1 aromatic carbocycles. The molecule has 1 aromatic heterocycles. The Balaban J connectivity index is 1.46. The van der Waals surface area contributed by atoms with Crippen molar-refractivity contribution in [3.8, 4) is 0 Å². The van der Waals surface area contributed by atoms with Gasteiger partial charge in [0.25, 0.3) is 0 Å². The largest absolute Gasteiger partial charge is 0.378 e. The summed E-state index contributed by atoms with van der Waals surface area (Å²) in [5.74, 6) is 2.03. The SMILES string of the molecule is CCC(CC)c1cc(CNC(=NC)NCc2ccc(N3CCOCC3)cc2)on1. The zero-order chi connectivity index (χ0) is 20.5. The van der Waals surface area contributed by atoms with Crippen LogP contribution in [-0.2, 0) is 17.8 Å². The van der Waals surface area contributed by atoms with Gasteiger partial charge < -0.3 is 24.8 Å². The van der Waals surface area contributed by atoms with E-state index in [-0.39, 0.29) is 0 Å². The molecule has 3 rings (SSSR count). The quantitative estimate of drug-likeness (QED) is 0.524. The summed E-state index contributed by atoms with van der Waals surface area (Å²) in [6.07, 6.45) is 2.15. The highest BCUT2D eigenvalue weighted by atomic mass is 16.5. The summed E-state index contributed by atoms with van der Waals surface area (Å²) in [7, 11) is 1.77. The van der Waals surface area contributed by atoms with Crippen LogP contribution in [-0.4, -0.2) is 44.5 Å². The van der Waals surface area contributed by atoms with Crippen molar-refractivity contribution < 1.29 is 9.26 Å². The molecule has 29 heavy (non-hydrogen) atoms. The van der Waals surface area contributed by atoms with Gasteiger partial charge in [-0.15, -0.1) is 0 Å². The van der Waals surface area contributed by atoms with Gasteiger partial charge >= 0.3 is 0 Å². The third-order valence-electron chi connectivity index (χ3n) is 5.41. The smallest absolute Gasteiger partial charge is 0.191 e. The van der Waals surface area contributed by atoms with Crippen LogP contribution < -0.4 is 15.5 Å². The molecule has 0 spiro atoms. The summed E-state index contributed by atoms with van der Waals surface area (Å²) < 4.78 is 10.9. The molecule has 158 valence electrons. The van der Waals surface area contributed by atoms with Gasteiger partial charge in [0.05, 0.1) is 25.5 Å². The van der Waals surface area contributed by atoms with Crippen LogP contribution in [0.3, 0.4) is 0 Å². The highest BCUT2D eigenvalue weighted by Gasteiger charge is 2.13. The second kappa shape index (κ2) is 10.9. The van der Waals surface area contributed by atoms with E-state index in [0.29, 0.717) is 19.0 Å². The van der Waals surface area contributed by atoms with Crippen molar-refractivity contribution in [2.24, 2.45) is 4.99 Å². The molecule has 0 bridgehead atoms. The summed E-state index contributed by atoms with van der Waals surface area (Å²) in [4.78, 5) is 6.65. The number of benzene rings is 1. The lowest BCUT2D eigenvalue weighted by atomic mass is 9.99. The van der Waals surface area contributed by atoms with Crippen molar-refractivity contribution in [2.75, 3.05) is 38.3 Å². The Bertz CT molecular complexity index is 762. The summed E-state index contributed by atoms with van der Waals surface area (Å²) >= 11 is 0. The Kier molecular flexibility index (Phi) is 7.93. The van der Waals surface area contributed by atoms with Crippen LogP contribution in [0.1, 0.15) is 49.6 Å². The van der Waals surface area contributed by atoms with Crippen LogP contribution in [0.15, 0.2) is 39.8 Å². The Morgan fingerprint density at radius 2 is 1.79 bits per heavy atom. The molecule has 7 heteroatoms. The van der Waals surface area contributed by atoms with E-state index in [9.17, 15) is 0 Å². The fourth-order valence-electron chi connectivity index (χ4n) is 3.54. The maximum atomic E-state index is 5.47. The number of nitrogens with zero attached hydrogens (tertiary/aromatic N) is 3. The van der Waals surface area contributed by atoms with Crippen LogP contribution in [0, 0.1) is 0 Å². The number of nitrogens with one attached hydrogen (secondary N) is 2. The predicted molar refractivity (Wildman–Crippen MR) is 116 cm³/mol. The van der Waals surface area contributed by atoms with E-state index in [2.05, 4.69) is 63.8 Å². The Labute approximate surface area is 173 Å². The Hall–Kier alpha value is -2.54. The molecule has 0 atom stereocenters. The fourth-order valence-corrected chi connectivity index (χ4v) is 3.54. The maximum Gasteiger partial charge on any atom is 0.191 e. The number of rotatable bonds is 8. The van der Waals surface area contributed by atoms with E-state index in [1.54, 1.807) is 7.05 Å². The number of ether oxygens (including phenoxy) is 1. The average molecular weight is 400 g/mol. The van der Waals surface area contributed by atoms with Crippen molar-refractivity contribution in [2.45, 2.75) is 45.7 Å². The molecule has 1 aliphatic heterocycles. The van der Waals surface area contributed by atoms with E-state index in [1.165, 1.54) is 11.3 Å². The normalized spacial score (nSPS) is 15.0. The minimum Gasteiger partial charge on any atom is -0.378 e. The number of anilines is 1. The van der Waals surface area contributed by atoms with E-state index < -0.39 is 0 Å². The number of guanidine groups is 1. The summed E-state index contributed by atoms with van der Waals surface area (Å²) in [5, 5.41) is 10.9. The van der Waals surface area contributed by atoms with Crippen LogP contribution >= 0.6 is 0 Å². The van der Waals surface area contributed by atoms with Crippen molar-refractivity contribution in [1.29, 1.82) is 0 Å². The number of hydrogen-bond donors (Lipinski definition) is 2. The molecule has 1 aliphatic rings. The van der Waals surface area contributed by atoms with Gasteiger partial charge in [-0.3, -0.25) is 4.99 Å². The van der Waals surface area contributed by atoms with E-state index in [1.807, 2.05) is 6.07 Å². The van der Waals surface area contributed by atoms with Gasteiger partial charge in [-0.05, 0) is 30.5 Å². The van der Waals surface area contributed by atoms with Crippen molar-refractivity contribution in [3.63, 3.8) is 0 Å². The van der Waals surface area contributed by atoms with Crippen LogP contribution in [0.25, 0.3) is 0 Å². The molecule has 1 saturated heterocycles. The number of aliphatic imine (C=N–C) groups is 1. The van der Waals surface area contributed by atoms with E-state index >= 15 is 0 Å².